The first-order valence-corrected chi connectivity index (χ1v) is 6.10. The molecule has 15 heavy (non-hydrogen) atoms. The maximum atomic E-state index is 5.63. The van der Waals surface area contributed by atoms with Crippen LogP contribution in [0.15, 0.2) is 5.16 Å². The lowest BCUT2D eigenvalue weighted by Crippen LogP contribution is -2.15. The van der Waals surface area contributed by atoms with Crippen molar-refractivity contribution in [1.82, 2.24) is 15.0 Å². The maximum absolute atomic E-state index is 5.63. The van der Waals surface area contributed by atoms with Gasteiger partial charge >= 0.3 is 0 Å². The first-order valence-electron chi connectivity index (χ1n) is 4.87. The molecule has 0 aliphatic carbocycles. The fourth-order valence-corrected chi connectivity index (χ4v) is 2.09. The summed E-state index contributed by atoms with van der Waals surface area (Å²) in [6, 6.07) is 0. The van der Waals surface area contributed by atoms with Crippen molar-refractivity contribution < 1.29 is 4.74 Å². The maximum Gasteiger partial charge on any atom is 0.224 e. The molecular weight excluding hydrogens is 212 g/mol. The van der Waals surface area contributed by atoms with E-state index in [1.54, 1.807) is 0 Å². The molecule has 1 fully saturated rings. The first kappa shape index (κ1) is 10.6. The van der Waals surface area contributed by atoms with Crippen LogP contribution in [0.5, 0.6) is 0 Å². The predicted molar refractivity (Wildman–Crippen MR) is 58.8 cm³/mol. The number of anilines is 1. The van der Waals surface area contributed by atoms with Gasteiger partial charge in [0.1, 0.15) is 5.82 Å². The SMILES string of the molecule is CSc1nc(N)nc(C2CCOC2C)n1. The Morgan fingerprint density at radius 1 is 1.40 bits per heavy atom. The molecule has 82 valence electrons. The molecule has 2 heterocycles. The summed E-state index contributed by atoms with van der Waals surface area (Å²) in [5.41, 5.74) is 5.63. The Morgan fingerprint density at radius 2 is 2.20 bits per heavy atom. The van der Waals surface area contributed by atoms with Crippen LogP contribution in [0, 0.1) is 0 Å². The van der Waals surface area contributed by atoms with E-state index in [4.69, 9.17) is 10.5 Å². The number of ether oxygens (including phenoxy) is 1. The number of rotatable bonds is 2. The highest BCUT2D eigenvalue weighted by Gasteiger charge is 2.28. The molecule has 1 aliphatic rings. The Hall–Kier alpha value is -0.880. The predicted octanol–water partition coefficient (Wildman–Crippen LogP) is 1.07. The minimum Gasteiger partial charge on any atom is -0.378 e. The molecule has 1 aliphatic heterocycles. The molecule has 0 spiro atoms. The summed E-state index contributed by atoms with van der Waals surface area (Å²) in [6.07, 6.45) is 3.05. The minimum absolute atomic E-state index is 0.168. The summed E-state index contributed by atoms with van der Waals surface area (Å²) in [5, 5.41) is 0.677. The molecule has 0 bridgehead atoms. The normalized spacial score (nSPS) is 25.7. The quantitative estimate of drug-likeness (QED) is 0.760. The van der Waals surface area contributed by atoms with Gasteiger partial charge < -0.3 is 10.5 Å². The van der Waals surface area contributed by atoms with E-state index in [1.807, 2.05) is 13.2 Å². The van der Waals surface area contributed by atoms with E-state index in [2.05, 4.69) is 15.0 Å². The zero-order chi connectivity index (χ0) is 10.8. The van der Waals surface area contributed by atoms with E-state index in [1.165, 1.54) is 11.8 Å². The highest BCUT2D eigenvalue weighted by molar-refractivity contribution is 7.98. The average molecular weight is 226 g/mol. The van der Waals surface area contributed by atoms with Crippen molar-refractivity contribution in [1.29, 1.82) is 0 Å². The molecule has 5 nitrogen and oxygen atoms in total. The number of hydrogen-bond donors (Lipinski definition) is 1. The van der Waals surface area contributed by atoms with Gasteiger partial charge in [-0.25, -0.2) is 4.98 Å². The molecule has 0 aromatic carbocycles. The molecule has 2 N–H and O–H groups in total. The van der Waals surface area contributed by atoms with Gasteiger partial charge in [-0.15, -0.1) is 0 Å². The van der Waals surface area contributed by atoms with Gasteiger partial charge in [-0.1, -0.05) is 11.8 Å². The second-order valence-electron chi connectivity index (χ2n) is 3.51. The van der Waals surface area contributed by atoms with E-state index in [9.17, 15) is 0 Å². The van der Waals surface area contributed by atoms with Crippen LogP contribution >= 0.6 is 11.8 Å². The van der Waals surface area contributed by atoms with Gasteiger partial charge in [0, 0.05) is 12.5 Å². The summed E-state index contributed by atoms with van der Waals surface area (Å²) in [6.45, 7) is 2.81. The van der Waals surface area contributed by atoms with E-state index in [-0.39, 0.29) is 12.0 Å². The smallest absolute Gasteiger partial charge is 0.224 e. The molecule has 2 unspecified atom stereocenters. The van der Waals surface area contributed by atoms with Crippen LogP contribution in [0.25, 0.3) is 0 Å². The second-order valence-corrected chi connectivity index (χ2v) is 4.28. The standard InChI is InChI=1S/C9H14N4OS/c1-5-6(3-4-14-5)7-11-8(10)13-9(12-7)15-2/h5-6H,3-4H2,1-2H3,(H2,10,11,12,13). The fourth-order valence-electron chi connectivity index (χ4n) is 1.72. The molecule has 1 aromatic rings. The summed E-state index contributed by atoms with van der Waals surface area (Å²) in [4.78, 5) is 12.6. The van der Waals surface area contributed by atoms with Crippen molar-refractivity contribution >= 4 is 17.7 Å². The zero-order valence-electron chi connectivity index (χ0n) is 8.80. The Morgan fingerprint density at radius 3 is 2.80 bits per heavy atom. The molecule has 1 saturated heterocycles. The van der Waals surface area contributed by atoms with E-state index in [0.29, 0.717) is 11.1 Å². The summed E-state index contributed by atoms with van der Waals surface area (Å²) >= 11 is 1.47. The third kappa shape index (κ3) is 2.21. The van der Waals surface area contributed by atoms with Gasteiger partial charge in [-0.2, -0.15) is 9.97 Å². The van der Waals surface area contributed by atoms with Crippen LogP contribution in [0.3, 0.4) is 0 Å². The van der Waals surface area contributed by atoms with E-state index in [0.717, 1.165) is 18.9 Å². The number of nitrogens with zero attached hydrogens (tertiary/aromatic N) is 3. The largest absolute Gasteiger partial charge is 0.378 e. The van der Waals surface area contributed by atoms with Crippen molar-refractivity contribution in [3.8, 4) is 0 Å². The zero-order valence-corrected chi connectivity index (χ0v) is 9.62. The van der Waals surface area contributed by atoms with Crippen molar-refractivity contribution in [2.75, 3.05) is 18.6 Å². The van der Waals surface area contributed by atoms with Gasteiger partial charge in [-0.3, -0.25) is 0 Å². The lowest BCUT2D eigenvalue weighted by molar-refractivity contribution is 0.117. The summed E-state index contributed by atoms with van der Waals surface area (Å²) in [5.74, 6) is 1.31. The average Bonchev–Trinajstić information content (AvgIpc) is 2.63. The Kier molecular flexibility index (Phi) is 3.06. The minimum atomic E-state index is 0.168. The van der Waals surface area contributed by atoms with Crippen LogP contribution in [0.4, 0.5) is 5.95 Å². The van der Waals surface area contributed by atoms with Gasteiger partial charge in [0.15, 0.2) is 5.16 Å². The van der Waals surface area contributed by atoms with Crippen molar-refractivity contribution in [3.05, 3.63) is 5.82 Å². The number of thioether (sulfide) groups is 1. The lowest BCUT2D eigenvalue weighted by Gasteiger charge is -2.12. The van der Waals surface area contributed by atoms with Crippen LogP contribution < -0.4 is 5.73 Å². The highest BCUT2D eigenvalue weighted by atomic mass is 32.2. The molecular formula is C9H14N4OS. The first-order chi connectivity index (χ1) is 7.20. The molecule has 6 heteroatoms. The van der Waals surface area contributed by atoms with Crippen molar-refractivity contribution in [3.63, 3.8) is 0 Å². The summed E-state index contributed by atoms with van der Waals surface area (Å²) in [7, 11) is 0. The topological polar surface area (TPSA) is 73.9 Å². The number of nitrogens with two attached hydrogens (primary N) is 1. The van der Waals surface area contributed by atoms with Crippen LogP contribution in [0.2, 0.25) is 0 Å². The van der Waals surface area contributed by atoms with Crippen molar-refractivity contribution in [2.24, 2.45) is 0 Å². The third-order valence-electron chi connectivity index (χ3n) is 2.54. The monoisotopic (exact) mass is 226 g/mol. The molecule has 2 atom stereocenters. The fraction of sp³-hybridized carbons (Fsp3) is 0.667. The Balaban J connectivity index is 2.30. The van der Waals surface area contributed by atoms with Crippen LogP contribution in [-0.2, 0) is 4.74 Å². The number of aromatic nitrogens is 3. The van der Waals surface area contributed by atoms with Gasteiger partial charge in [0.05, 0.1) is 6.10 Å². The summed E-state index contributed by atoms with van der Waals surface area (Å²) < 4.78 is 5.49. The molecule has 2 rings (SSSR count). The Labute approximate surface area is 92.9 Å². The lowest BCUT2D eigenvalue weighted by atomic mass is 10.0. The van der Waals surface area contributed by atoms with Gasteiger partial charge in [0.25, 0.3) is 0 Å². The van der Waals surface area contributed by atoms with E-state index < -0.39 is 0 Å². The van der Waals surface area contributed by atoms with Gasteiger partial charge in [-0.05, 0) is 19.6 Å². The molecule has 0 radical (unpaired) electrons. The van der Waals surface area contributed by atoms with Crippen LogP contribution in [-0.4, -0.2) is 33.9 Å². The Bertz CT molecular complexity index is 360. The third-order valence-corrected chi connectivity index (χ3v) is 3.09. The molecule has 1 aromatic heterocycles. The van der Waals surface area contributed by atoms with Crippen molar-refractivity contribution in [2.45, 2.75) is 30.5 Å². The second kappa shape index (κ2) is 4.32. The van der Waals surface area contributed by atoms with Gasteiger partial charge in [0.2, 0.25) is 5.95 Å². The highest BCUT2D eigenvalue weighted by Crippen LogP contribution is 2.29. The number of hydrogen-bond acceptors (Lipinski definition) is 6. The van der Waals surface area contributed by atoms with E-state index >= 15 is 0 Å². The van der Waals surface area contributed by atoms with Crippen LogP contribution in [0.1, 0.15) is 25.1 Å². The number of nitrogen functional groups attached to an aromatic ring is 1. The molecule has 0 saturated carbocycles. The molecule has 0 amide bonds.